The van der Waals surface area contributed by atoms with E-state index in [4.69, 9.17) is 0 Å². The van der Waals surface area contributed by atoms with Crippen LogP contribution in [0.4, 0.5) is 11.4 Å². The van der Waals surface area contributed by atoms with Gasteiger partial charge < -0.3 is 25.0 Å². The Kier molecular flexibility index (Phi) is 7.44. The van der Waals surface area contributed by atoms with Gasteiger partial charge in [-0.25, -0.2) is 9.59 Å². The van der Waals surface area contributed by atoms with E-state index in [1.807, 2.05) is 0 Å². The van der Waals surface area contributed by atoms with E-state index < -0.39 is 11.9 Å². The van der Waals surface area contributed by atoms with Gasteiger partial charge in [-0.2, -0.15) is 0 Å². The van der Waals surface area contributed by atoms with Crippen LogP contribution in [0.15, 0.2) is 36.0 Å². The molecule has 0 saturated carbocycles. The summed E-state index contributed by atoms with van der Waals surface area (Å²) >= 11 is 0. The molecular weight excluding hydrogens is 314 g/mol. The molecule has 0 aromatic heterocycles. The molecule has 0 atom stereocenters. The fourth-order valence-electron chi connectivity index (χ4n) is 1.71. The number of ether oxygens (including phenoxy) is 2. The van der Waals surface area contributed by atoms with Crippen LogP contribution in [0.3, 0.4) is 0 Å². The first kappa shape index (κ1) is 19.2. The number of nitrogens with one attached hydrogen (secondary N) is 2. The van der Waals surface area contributed by atoms with E-state index in [1.54, 1.807) is 43.3 Å². The van der Waals surface area contributed by atoms with Crippen molar-refractivity contribution in [1.29, 1.82) is 0 Å². The van der Waals surface area contributed by atoms with Gasteiger partial charge in [0.05, 0.1) is 26.8 Å². The van der Waals surface area contributed by atoms with Crippen molar-refractivity contribution in [2.75, 3.05) is 45.5 Å². The standard InChI is InChI=1S/C16H21N3O5/c1-19(2)10-14(20)18-12-7-5-11(6-8-12)17-13(16(22)24-4)9-15(21)23-3/h5-9,17H,10H2,1-4H3,(H,18,20)/b13-9+. The maximum absolute atomic E-state index is 11.7. The van der Waals surface area contributed by atoms with E-state index in [-0.39, 0.29) is 18.1 Å². The molecule has 0 fully saturated rings. The van der Waals surface area contributed by atoms with Crippen molar-refractivity contribution < 1.29 is 23.9 Å². The third-order valence-electron chi connectivity index (χ3n) is 2.78. The summed E-state index contributed by atoms with van der Waals surface area (Å²) in [7, 11) is 6.01. The molecule has 0 radical (unpaired) electrons. The summed E-state index contributed by atoms with van der Waals surface area (Å²) in [6.07, 6.45) is 0.999. The number of likely N-dealkylation sites (N-methyl/N-ethyl adjacent to an activating group) is 1. The minimum absolute atomic E-state index is 0.0613. The van der Waals surface area contributed by atoms with E-state index in [0.29, 0.717) is 11.4 Å². The molecule has 2 N–H and O–H groups in total. The molecule has 8 heteroatoms. The van der Waals surface area contributed by atoms with Gasteiger partial charge in [0.25, 0.3) is 0 Å². The van der Waals surface area contributed by atoms with Crippen LogP contribution in [0.5, 0.6) is 0 Å². The first-order valence-electron chi connectivity index (χ1n) is 7.05. The third-order valence-corrected chi connectivity index (χ3v) is 2.78. The van der Waals surface area contributed by atoms with Crippen LogP contribution in [0.1, 0.15) is 0 Å². The number of carbonyl (C=O) groups is 3. The smallest absolute Gasteiger partial charge is 0.354 e. The number of hydrogen-bond acceptors (Lipinski definition) is 7. The Labute approximate surface area is 140 Å². The molecule has 0 saturated heterocycles. The van der Waals surface area contributed by atoms with Crippen molar-refractivity contribution in [3.05, 3.63) is 36.0 Å². The summed E-state index contributed by atoms with van der Waals surface area (Å²) < 4.78 is 9.10. The highest BCUT2D eigenvalue weighted by Crippen LogP contribution is 2.16. The molecule has 8 nitrogen and oxygen atoms in total. The predicted octanol–water partition coefficient (Wildman–Crippen LogP) is 0.828. The van der Waals surface area contributed by atoms with Crippen LogP contribution in [0.25, 0.3) is 0 Å². The van der Waals surface area contributed by atoms with Crippen molar-refractivity contribution in [2.24, 2.45) is 0 Å². The highest BCUT2D eigenvalue weighted by atomic mass is 16.5. The summed E-state index contributed by atoms with van der Waals surface area (Å²) in [6.45, 7) is 0.272. The lowest BCUT2D eigenvalue weighted by atomic mass is 10.2. The number of esters is 2. The predicted molar refractivity (Wildman–Crippen MR) is 89.4 cm³/mol. The summed E-state index contributed by atoms with van der Waals surface area (Å²) in [5.41, 5.74) is 1.10. The fraction of sp³-hybridized carbons (Fsp3) is 0.312. The maximum atomic E-state index is 11.7. The zero-order valence-corrected chi connectivity index (χ0v) is 14.1. The second kappa shape index (κ2) is 9.31. The normalized spacial score (nSPS) is 11.0. The number of carbonyl (C=O) groups excluding carboxylic acids is 3. The summed E-state index contributed by atoms with van der Waals surface area (Å²) in [5.74, 6) is -1.53. The highest BCUT2D eigenvalue weighted by Gasteiger charge is 2.13. The van der Waals surface area contributed by atoms with Gasteiger partial charge in [-0.3, -0.25) is 4.79 Å². The zero-order valence-electron chi connectivity index (χ0n) is 14.1. The molecule has 0 heterocycles. The van der Waals surface area contributed by atoms with Crippen molar-refractivity contribution in [2.45, 2.75) is 0 Å². The molecule has 0 unspecified atom stereocenters. The molecule has 1 rings (SSSR count). The number of rotatable bonds is 7. The van der Waals surface area contributed by atoms with E-state index in [1.165, 1.54) is 14.2 Å². The highest BCUT2D eigenvalue weighted by molar-refractivity contribution is 5.98. The summed E-state index contributed by atoms with van der Waals surface area (Å²) in [4.78, 5) is 36.4. The molecule has 24 heavy (non-hydrogen) atoms. The Morgan fingerprint density at radius 3 is 2.00 bits per heavy atom. The van der Waals surface area contributed by atoms with E-state index in [9.17, 15) is 14.4 Å². The molecule has 0 bridgehead atoms. The van der Waals surface area contributed by atoms with Crippen molar-refractivity contribution >= 4 is 29.2 Å². The second-order valence-corrected chi connectivity index (χ2v) is 5.06. The first-order valence-corrected chi connectivity index (χ1v) is 7.05. The van der Waals surface area contributed by atoms with Gasteiger partial charge in [0, 0.05) is 11.4 Å². The Morgan fingerprint density at radius 1 is 1.00 bits per heavy atom. The second-order valence-electron chi connectivity index (χ2n) is 5.06. The van der Waals surface area contributed by atoms with Crippen molar-refractivity contribution in [3.8, 4) is 0 Å². The Morgan fingerprint density at radius 2 is 1.54 bits per heavy atom. The average molecular weight is 335 g/mol. The number of hydrogen-bond donors (Lipinski definition) is 2. The van der Waals surface area contributed by atoms with Gasteiger partial charge in [-0.1, -0.05) is 0 Å². The van der Waals surface area contributed by atoms with Crippen LogP contribution < -0.4 is 10.6 Å². The Bertz CT molecular complexity index is 623. The lowest BCUT2D eigenvalue weighted by Gasteiger charge is -2.12. The van der Waals surface area contributed by atoms with E-state index >= 15 is 0 Å². The van der Waals surface area contributed by atoms with Gasteiger partial charge >= 0.3 is 11.9 Å². The minimum Gasteiger partial charge on any atom is -0.466 e. The average Bonchev–Trinajstić information content (AvgIpc) is 2.54. The summed E-state index contributed by atoms with van der Waals surface area (Å²) in [6, 6.07) is 6.64. The number of amides is 1. The molecule has 0 spiro atoms. The van der Waals surface area contributed by atoms with Gasteiger partial charge in [0.15, 0.2) is 0 Å². The first-order chi connectivity index (χ1) is 11.3. The molecule has 1 aromatic rings. The summed E-state index contributed by atoms with van der Waals surface area (Å²) in [5, 5.41) is 5.51. The number of anilines is 2. The SMILES string of the molecule is COC(=O)/C=C(/Nc1ccc(NC(=O)CN(C)C)cc1)C(=O)OC. The van der Waals surface area contributed by atoms with Crippen LogP contribution in [0.2, 0.25) is 0 Å². The molecule has 0 aliphatic rings. The van der Waals surface area contributed by atoms with Gasteiger partial charge in [0.2, 0.25) is 5.91 Å². The van der Waals surface area contributed by atoms with Crippen LogP contribution in [0, 0.1) is 0 Å². The minimum atomic E-state index is -0.705. The van der Waals surface area contributed by atoms with Gasteiger partial charge in [-0.05, 0) is 38.4 Å². The number of nitrogens with zero attached hydrogens (tertiary/aromatic N) is 1. The lowest BCUT2D eigenvalue weighted by molar-refractivity contribution is -0.138. The zero-order chi connectivity index (χ0) is 18.1. The molecule has 0 aliphatic carbocycles. The van der Waals surface area contributed by atoms with Crippen LogP contribution in [-0.4, -0.2) is 57.6 Å². The topological polar surface area (TPSA) is 97.0 Å². The maximum Gasteiger partial charge on any atom is 0.354 e. The number of methoxy groups -OCH3 is 2. The van der Waals surface area contributed by atoms with Crippen LogP contribution in [-0.2, 0) is 23.9 Å². The van der Waals surface area contributed by atoms with E-state index in [0.717, 1.165) is 6.08 Å². The van der Waals surface area contributed by atoms with E-state index in [2.05, 4.69) is 20.1 Å². The van der Waals surface area contributed by atoms with Gasteiger partial charge in [-0.15, -0.1) is 0 Å². The fourth-order valence-corrected chi connectivity index (χ4v) is 1.71. The van der Waals surface area contributed by atoms with Crippen molar-refractivity contribution in [3.63, 3.8) is 0 Å². The third kappa shape index (κ3) is 6.49. The Hall–Kier alpha value is -2.87. The van der Waals surface area contributed by atoms with Crippen molar-refractivity contribution in [1.82, 2.24) is 4.90 Å². The molecule has 1 aromatic carbocycles. The van der Waals surface area contributed by atoms with Gasteiger partial charge in [0.1, 0.15) is 5.70 Å². The lowest BCUT2D eigenvalue weighted by Crippen LogP contribution is -2.27. The number of benzene rings is 1. The Balaban J connectivity index is 2.80. The quantitative estimate of drug-likeness (QED) is 0.562. The van der Waals surface area contributed by atoms with Crippen LogP contribution >= 0.6 is 0 Å². The monoisotopic (exact) mass is 335 g/mol. The molecular formula is C16H21N3O5. The molecule has 1 amide bonds. The molecule has 130 valence electrons. The molecule has 0 aliphatic heterocycles. The largest absolute Gasteiger partial charge is 0.466 e.